The van der Waals surface area contributed by atoms with Gasteiger partial charge in [0.05, 0.1) is 4.92 Å². The molecule has 5 nitrogen and oxygen atoms in total. The molecule has 0 saturated carbocycles. The molecule has 0 spiro atoms. The van der Waals surface area contributed by atoms with Crippen LogP contribution in [0.3, 0.4) is 0 Å². The number of nitrogens with zero attached hydrogens (tertiary/aromatic N) is 1. The van der Waals surface area contributed by atoms with Crippen molar-refractivity contribution in [3.05, 3.63) is 33.9 Å². The monoisotopic (exact) mass is 266 g/mol. The molecule has 0 bridgehead atoms. The molecule has 0 atom stereocenters. The molecule has 0 aromatic heterocycles. The maximum Gasteiger partial charge on any atom is 0.292 e. The van der Waals surface area contributed by atoms with Crippen molar-refractivity contribution in [2.45, 2.75) is 27.2 Å². The highest BCUT2D eigenvalue weighted by Gasteiger charge is 2.12. The smallest absolute Gasteiger partial charge is 0.292 e. The third kappa shape index (κ3) is 5.70. The van der Waals surface area contributed by atoms with Gasteiger partial charge >= 0.3 is 0 Å². The van der Waals surface area contributed by atoms with Gasteiger partial charge in [0.2, 0.25) is 0 Å². The number of nitrogens with one attached hydrogen (secondary N) is 1. The van der Waals surface area contributed by atoms with E-state index in [9.17, 15) is 10.1 Å². The number of ether oxygens (including phenoxy) is 1. The van der Waals surface area contributed by atoms with Crippen LogP contribution in [0.5, 0.6) is 0 Å². The van der Waals surface area contributed by atoms with Gasteiger partial charge in [-0.1, -0.05) is 19.9 Å². The number of anilines is 1. The Kier molecular flexibility index (Phi) is 6.29. The predicted octanol–water partition coefficient (Wildman–Crippen LogP) is 3.38. The van der Waals surface area contributed by atoms with Crippen LogP contribution in [0.4, 0.5) is 11.4 Å². The quantitative estimate of drug-likeness (QED) is 0.445. The fourth-order valence-corrected chi connectivity index (χ4v) is 1.66. The summed E-state index contributed by atoms with van der Waals surface area (Å²) in [7, 11) is 0. The first kappa shape index (κ1) is 15.4. The minimum atomic E-state index is -0.357. The Morgan fingerprint density at radius 1 is 1.42 bits per heavy atom. The van der Waals surface area contributed by atoms with Crippen LogP contribution < -0.4 is 5.32 Å². The number of hydrogen-bond donors (Lipinski definition) is 1. The van der Waals surface area contributed by atoms with E-state index in [0.717, 1.165) is 18.6 Å². The highest BCUT2D eigenvalue weighted by atomic mass is 16.6. The van der Waals surface area contributed by atoms with E-state index in [-0.39, 0.29) is 10.6 Å². The predicted molar refractivity (Wildman–Crippen MR) is 76.6 cm³/mol. The van der Waals surface area contributed by atoms with Crippen LogP contribution in [0, 0.1) is 23.0 Å². The largest absolute Gasteiger partial charge is 0.381 e. The molecule has 1 aromatic rings. The van der Waals surface area contributed by atoms with E-state index < -0.39 is 0 Å². The number of rotatable bonds is 8. The normalized spacial score (nSPS) is 10.7. The van der Waals surface area contributed by atoms with Crippen LogP contribution in [0.1, 0.15) is 25.8 Å². The van der Waals surface area contributed by atoms with E-state index in [0.29, 0.717) is 24.8 Å². The zero-order valence-corrected chi connectivity index (χ0v) is 11.8. The molecule has 106 valence electrons. The minimum absolute atomic E-state index is 0.128. The molecule has 1 N–H and O–H groups in total. The summed E-state index contributed by atoms with van der Waals surface area (Å²) < 4.78 is 5.46. The summed E-state index contributed by atoms with van der Waals surface area (Å²) in [6.07, 6.45) is 0.831. The molecule has 0 radical (unpaired) electrons. The summed E-state index contributed by atoms with van der Waals surface area (Å²) in [6.45, 7) is 8.15. The zero-order valence-electron chi connectivity index (χ0n) is 11.8. The van der Waals surface area contributed by atoms with Gasteiger partial charge in [0.1, 0.15) is 5.69 Å². The number of aryl methyl sites for hydroxylation is 1. The molecule has 5 heteroatoms. The third-order valence-corrected chi connectivity index (χ3v) is 2.58. The number of benzene rings is 1. The standard InChI is InChI=1S/C14H22N2O3/c1-11(2)10-19-8-4-7-15-13-6-5-12(3)9-14(13)16(17)18/h5-6,9,11,15H,4,7-8,10H2,1-3H3. The van der Waals surface area contributed by atoms with Crippen LogP contribution in [-0.4, -0.2) is 24.7 Å². The van der Waals surface area contributed by atoms with E-state index >= 15 is 0 Å². The molecule has 0 fully saturated rings. The highest BCUT2D eigenvalue weighted by molar-refractivity contribution is 5.62. The van der Waals surface area contributed by atoms with Crippen molar-refractivity contribution in [3.8, 4) is 0 Å². The molecule has 0 saturated heterocycles. The Labute approximate surface area is 114 Å². The van der Waals surface area contributed by atoms with E-state index in [2.05, 4.69) is 19.2 Å². The van der Waals surface area contributed by atoms with Crippen LogP contribution in [0.2, 0.25) is 0 Å². The topological polar surface area (TPSA) is 64.4 Å². The summed E-state index contributed by atoms with van der Waals surface area (Å²) in [6, 6.07) is 5.20. The summed E-state index contributed by atoms with van der Waals surface area (Å²) in [5.74, 6) is 0.533. The fraction of sp³-hybridized carbons (Fsp3) is 0.571. The fourth-order valence-electron chi connectivity index (χ4n) is 1.66. The molecule has 0 aliphatic rings. The zero-order chi connectivity index (χ0) is 14.3. The van der Waals surface area contributed by atoms with Crippen LogP contribution in [0.15, 0.2) is 18.2 Å². The van der Waals surface area contributed by atoms with Crippen molar-refractivity contribution in [2.75, 3.05) is 25.1 Å². The van der Waals surface area contributed by atoms with Gasteiger partial charge in [-0.3, -0.25) is 10.1 Å². The van der Waals surface area contributed by atoms with Crippen molar-refractivity contribution in [1.29, 1.82) is 0 Å². The molecule has 0 amide bonds. The average molecular weight is 266 g/mol. The lowest BCUT2D eigenvalue weighted by atomic mass is 10.2. The number of hydrogen-bond acceptors (Lipinski definition) is 4. The van der Waals surface area contributed by atoms with Crippen LogP contribution in [-0.2, 0) is 4.74 Å². The van der Waals surface area contributed by atoms with Crippen molar-refractivity contribution in [3.63, 3.8) is 0 Å². The highest BCUT2D eigenvalue weighted by Crippen LogP contribution is 2.25. The maximum atomic E-state index is 10.9. The van der Waals surface area contributed by atoms with Gasteiger partial charge in [0.15, 0.2) is 0 Å². The van der Waals surface area contributed by atoms with Crippen LogP contribution in [0.25, 0.3) is 0 Å². The van der Waals surface area contributed by atoms with E-state index in [1.165, 1.54) is 0 Å². The second-order valence-electron chi connectivity index (χ2n) is 5.03. The summed E-state index contributed by atoms with van der Waals surface area (Å²) in [5.41, 5.74) is 1.58. The SMILES string of the molecule is Cc1ccc(NCCCOCC(C)C)c([N+](=O)[O-])c1. The molecular formula is C14H22N2O3. The van der Waals surface area contributed by atoms with Gasteiger partial charge in [-0.2, -0.15) is 0 Å². The van der Waals surface area contributed by atoms with Gasteiger partial charge in [0.25, 0.3) is 5.69 Å². The molecule has 1 rings (SSSR count). The van der Waals surface area contributed by atoms with E-state index in [4.69, 9.17) is 4.74 Å². The minimum Gasteiger partial charge on any atom is -0.381 e. The Hall–Kier alpha value is -1.62. The van der Waals surface area contributed by atoms with Crippen LogP contribution >= 0.6 is 0 Å². The number of nitro groups is 1. The molecular weight excluding hydrogens is 244 g/mol. The lowest BCUT2D eigenvalue weighted by molar-refractivity contribution is -0.384. The Bertz CT molecular complexity index is 419. The first-order valence-corrected chi connectivity index (χ1v) is 6.57. The first-order chi connectivity index (χ1) is 9.00. The molecule has 0 unspecified atom stereocenters. The Balaban J connectivity index is 2.39. The molecule has 1 aromatic carbocycles. The van der Waals surface area contributed by atoms with Crippen molar-refractivity contribution >= 4 is 11.4 Å². The van der Waals surface area contributed by atoms with Gasteiger partial charge < -0.3 is 10.1 Å². The summed E-state index contributed by atoms with van der Waals surface area (Å²) >= 11 is 0. The van der Waals surface area contributed by atoms with Gasteiger partial charge in [-0.25, -0.2) is 0 Å². The van der Waals surface area contributed by atoms with Crippen molar-refractivity contribution in [1.82, 2.24) is 0 Å². The Morgan fingerprint density at radius 3 is 2.79 bits per heavy atom. The molecule has 0 heterocycles. The van der Waals surface area contributed by atoms with E-state index in [1.54, 1.807) is 12.1 Å². The maximum absolute atomic E-state index is 10.9. The lowest BCUT2D eigenvalue weighted by Gasteiger charge is -2.09. The van der Waals surface area contributed by atoms with Crippen molar-refractivity contribution < 1.29 is 9.66 Å². The van der Waals surface area contributed by atoms with Gasteiger partial charge in [-0.05, 0) is 30.9 Å². The van der Waals surface area contributed by atoms with Gasteiger partial charge in [-0.15, -0.1) is 0 Å². The molecule has 19 heavy (non-hydrogen) atoms. The average Bonchev–Trinajstić information content (AvgIpc) is 2.34. The summed E-state index contributed by atoms with van der Waals surface area (Å²) in [4.78, 5) is 10.6. The summed E-state index contributed by atoms with van der Waals surface area (Å²) in [5, 5.41) is 14.0. The third-order valence-electron chi connectivity index (χ3n) is 2.58. The number of nitro benzene ring substituents is 1. The first-order valence-electron chi connectivity index (χ1n) is 6.57. The lowest BCUT2D eigenvalue weighted by Crippen LogP contribution is -2.09. The Morgan fingerprint density at radius 2 is 2.16 bits per heavy atom. The van der Waals surface area contributed by atoms with Gasteiger partial charge in [0, 0.05) is 25.8 Å². The molecule has 0 aliphatic heterocycles. The molecule has 0 aliphatic carbocycles. The van der Waals surface area contributed by atoms with E-state index in [1.807, 2.05) is 13.0 Å². The van der Waals surface area contributed by atoms with Crippen molar-refractivity contribution in [2.24, 2.45) is 5.92 Å². The second kappa shape index (κ2) is 7.74. The second-order valence-corrected chi connectivity index (χ2v) is 5.03.